The van der Waals surface area contributed by atoms with Crippen molar-refractivity contribution in [3.05, 3.63) is 0 Å². The van der Waals surface area contributed by atoms with E-state index in [1.54, 1.807) is 0 Å². The fraction of sp³-hybridized carbons (Fsp3) is 1.00. The van der Waals surface area contributed by atoms with Gasteiger partial charge in [-0.1, -0.05) is 155 Å². The van der Waals surface area contributed by atoms with Crippen LogP contribution in [0.3, 0.4) is 0 Å². The van der Waals surface area contributed by atoms with Crippen molar-refractivity contribution in [2.45, 2.75) is 181 Å². The largest absolute Gasteiger partial charge is 0.328 e. The maximum atomic E-state index is 8.72. The summed E-state index contributed by atoms with van der Waals surface area (Å²) in [5.74, 6) is 0. The molecule has 0 aliphatic carbocycles. The minimum absolute atomic E-state index is 0.480. The van der Waals surface area contributed by atoms with E-state index in [2.05, 4.69) is 18.7 Å². The van der Waals surface area contributed by atoms with Crippen molar-refractivity contribution in [1.29, 1.82) is 0 Å². The lowest BCUT2D eigenvalue weighted by Gasteiger charge is -2.22. The van der Waals surface area contributed by atoms with E-state index < -0.39 is 8.60 Å². The molecule has 0 aromatic heterocycles. The fourth-order valence-electron chi connectivity index (χ4n) is 5.27. The Kier molecular flexibility index (Phi) is 32.7. The number of nitrogens with zero attached hydrogens (tertiary/aromatic N) is 1. The third kappa shape index (κ3) is 32.4. The highest BCUT2D eigenvalue weighted by molar-refractivity contribution is 7.39. The number of rotatable bonds is 32. The standard InChI is InChI=1S/C32H68NO3P/c1-3-5-7-9-11-17-21-25-29-33(30-26-22-18-12-10-8-6-4-2)31-27-23-19-15-13-14-16-20-24-28-32-36-37(34)35/h34-35H,3-32H2,1-2H3. The zero-order valence-corrected chi connectivity index (χ0v) is 26.3. The lowest BCUT2D eigenvalue weighted by atomic mass is 10.1. The van der Waals surface area contributed by atoms with Gasteiger partial charge in [0.05, 0.1) is 6.61 Å². The van der Waals surface area contributed by atoms with Crippen molar-refractivity contribution in [2.24, 2.45) is 0 Å². The minimum atomic E-state index is -2.16. The van der Waals surface area contributed by atoms with Gasteiger partial charge in [0.2, 0.25) is 0 Å². The SMILES string of the molecule is CCCCCCCCCCN(CCCCCCCCCC)CCCCCCCCCCCCOP(O)O. The molecule has 0 aliphatic rings. The second kappa shape index (κ2) is 32.5. The molecule has 4 nitrogen and oxygen atoms in total. The summed E-state index contributed by atoms with van der Waals surface area (Å²) in [6.07, 6.45) is 35.6. The van der Waals surface area contributed by atoms with Crippen molar-refractivity contribution in [1.82, 2.24) is 4.90 Å². The molecule has 0 aromatic rings. The molecular weight excluding hydrogens is 477 g/mol. The van der Waals surface area contributed by atoms with Crippen LogP contribution in [0.4, 0.5) is 0 Å². The molecule has 0 heterocycles. The Labute approximate surface area is 234 Å². The van der Waals surface area contributed by atoms with Crippen molar-refractivity contribution in [2.75, 3.05) is 26.2 Å². The van der Waals surface area contributed by atoms with E-state index in [-0.39, 0.29) is 0 Å². The molecule has 0 fully saturated rings. The zero-order valence-electron chi connectivity index (χ0n) is 25.4. The maximum absolute atomic E-state index is 8.72. The summed E-state index contributed by atoms with van der Waals surface area (Å²) in [5, 5.41) is 0. The molecule has 0 unspecified atom stereocenters. The minimum Gasteiger partial charge on any atom is -0.328 e. The Hall–Kier alpha value is 0.270. The molecule has 0 spiro atoms. The van der Waals surface area contributed by atoms with E-state index in [1.807, 2.05) is 0 Å². The highest BCUT2D eigenvalue weighted by Crippen LogP contribution is 2.24. The van der Waals surface area contributed by atoms with Crippen molar-refractivity contribution in [3.8, 4) is 0 Å². The lowest BCUT2D eigenvalue weighted by molar-refractivity contribution is 0.248. The normalized spacial score (nSPS) is 11.8. The average molecular weight is 546 g/mol. The number of hydrogen-bond acceptors (Lipinski definition) is 4. The van der Waals surface area contributed by atoms with Crippen molar-refractivity contribution in [3.63, 3.8) is 0 Å². The Bertz CT molecular complexity index is 391. The van der Waals surface area contributed by atoms with Crippen LogP contribution in [0.5, 0.6) is 0 Å². The van der Waals surface area contributed by atoms with Gasteiger partial charge in [-0.25, -0.2) is 0 Å². The van der Waals surface area contributed by atoms with E-state index >= 15 is 0 Å². The molecular formula is C32H68NO3P. The molecule has 5 heteroatoms. The Morgan fingerprint density at radius 2 is 0.676 bits per heavy atom. The Morgan fingerprint density at radius 1 is 0.405 bits per heavy atom. The first kappa shape index (κ1) is 37.3. The van der Waals surface area contributed by atoms with Gasteiger partial charge in [-0.15, -0.1) is 0 Å². The second-order valence-corrected chi connectivity index (χ2v) is 12.2. The fourth-order valence-corrected chi connectivity index (χ4v) is 5.56. The van der Waals surface area contributed by atoms with Gasteiger partial charge in [0.25, 0.3) is 0 Å². The van der Waals surface area contributed by atoms with Crippen molar-refractivity contribution >= 4 is 8.60 Å². The molecule has 0 amide bonds. The van der Waals surface area contributed by atoms with Crippen LogP contribution in [0.2, 0.25) is 0 Å². The van der Waals surface area contributed by atoms with Crippen LogP contribution >= 0.6 is 8.60 Å². The molecule has 0 bridgehead atoms. The summed E-state index contributed by atoms with van der Waals surface area (Å²) in [6, 6.07) is 0. The zero-order chi connectivity index (χ0) is 27.1. The topological polar surface area (TPSA) is 52.9 Å². The molecule has 37 heavy (non-hydrogen) atoms. The first-order valence-corrected chi connectivity index (χ1v) is 17.9. The highest BCUT2D eigenvalue weighted by Gasteiger charge is 2.05. The first-order valence-electron chi connectivity index (χ1n) is 16.7. The van der Waals surface area contributed by atoms with Crippen LogP contribution < -0.4 is 0 Å². The molecule has 0 atom stereocenters. The van der Waals surface area contributed by atoms with E-state index in [1.165, 1.54) is 174 Å². The summed E-state index contributed by atoms with van der Waals surface area (Å²) in [6.45, 7) is 9.06. The molecule has 0 rings (SSSR count). The van der Waals surface area contributed by atoms with Gasteiger partial charge in [0.15, 0.2) is 0 Å². The average Bonchev–Trinajstić information content (AvgIpc) is 2.89. The van der Waals surface area contributed by atoms with Gasteiger partial charge in [0.1, 0.15) is 0 Å². The number of hydrogen-bond donors (Lipinski definition) is 2. The van der Waals surface area contributed by atoms with Crippen LogP contribution in [-0.4, -0.2) is 40.9 Å². The number of unbranched alkanes of at least 4 members (excludes halogenated alkanes) is 23. The monoisotopic (exact) mass is 545 g/mol. The smallest absolute Gasteiger partial charge is 0.327 e. The summed E-state index contributed by atoms with van der Waals surface area (Å²) in [5.41, 5.74) is 0. The third-order valence-electron chi connectivity index (χ3n) is 7.73. The van der Waals surface area contributed by atoms with Crippen LogP contribution in [0.1, 0.15) is 181 Å². The van der Waals surface area contributed by atoms with E-state index in [4.69, 9.17) is 14.3 Å². The molecule has 0 aromatic carbocycles. The molecule has 0 aliphatic heterocycles. The van der Waals surface area contributed by atoms with Gasteiger partial charge < -0.3 is 19.2 Å². The molecule has 0 saturated heterocycles. The Balaban J connectivity index is 3.80. The summed E-state index contributed by atoms with van der Waals surface area (Å²) >= 11 is 0. The predicted molar refractivity (Wildman–Crippen MR) is 165 cm³/mol. The quantitative estimate of drug-likeness (QED) is 0.0652. The Morgan fingerprint density at radius 3 is 0.973 bits per heavy atom. The van der Waals surface area contributed by atoms with E-state index in [0.29, 0.717) is 6.61 Å². The van der Waals surface area contributed by atoms with Crippen LogP contribution in [0.25, 0.3) is 0 Å². The second-order valence-electron chi connectivity index (χ2n) is 11.4. The van der Waals surface area contributed by atoms with Crippen LogP contribution in [0, 0.1) is 0 Å². The first-order chi connectivity index (χ1) is 18.2. The van der Waals surface area contributed by atoms with Crippen LogP contribution in [-0.2, 0) is 4.52 Å². The summed E-state index contributed by atoms with van der Waals surface area (Å²) < 4.78 is 4.81. The van der Waals surface area contributed by atoms with Gasteiger partial charge >= 0.3 is 8.60 Å². The molecule has 0 saturated carbocycles. The van der Waals surface area contributed by atoms with E-state index in [0.717, 1.165) is 12.8 Å². The maximum Gasteiger partial charge on any atom is 0.327 e. The van der Waals surface area contributed by atoms with Gasteiger partial charge in [-0.3, -0.25) is 0 Å². The molecule has 224 valence electrons. The summed E-state index contributed by atoms with van der Waals surface area (Å²) in [7, 11) is -2.16. The van der Waals surface area contributed by atoms with E-state index in [9.17, 15) is 0 Å². The third-order valence-corrected chi connectivity index (χ3v) is 8.14. The van der Waals surface area contributed by atoms with Gasteiger partial charge in [-0.05, 0) is 45.3 Å². The molecule has 2 N–H and O–H groups in total. The van der Waals surface area contributed by atoms with Crippen molar-refractivity contribution < 1.29 is 14.3 Å². The lowest BCUT2D eigenvalue weighted by Crippen LogP contribution is -2.27. The van der Waals surface area contributed by atoms with Gasteiger partial charge in [-0.2, -0.15) is 0 Å². The van der Waals surface area contributed by atoms with Gasteiger partial charge in [0, 0.05) is 0 Å². The highest BCUT2D eigenvalue weighted by atomic mass is 31.2. The van der Waals surface area contributed by atoms with Crippen LogP contribution in [0.15, 0.2) is 0 Å². The summed E-state index contributed by atoms with van der Waals surface area (Å²) in [4.78, 5) is 20.2. The predicted octanol–water partition coefficient (Wildman–Crippen LogP) is 10.7. The molecule has 0 radical (unpaired) electrons.